The van der Waals surface area contributed by atoms with E-state index < -0.39 is 10.0 Å². The molecule has 21 heavy (non-hydrogen) atoms. The van der Waals surface area contributed by atoms with Crippen molar-refractivity contribution < 1.29 is 13.2 Å². The van der Waals surface area contributed by atoms with Crippen molar-refractivity contribution in [2.75, 3.05) is 12.8 Å². The van der Waals surface area contributed by atoms with Crippen LogP contribution in [0.25, 0.3) is 0 Å². The molecule has 3 N–H and O–H groups in total. The summed E-state index contributed by atoms with van der Waals surface area (Å²) in [6.45, 7) is 1.86. The number of benzene rings is 2. The molecule has 0 heterocycles. The van der Waals surface area contributed by atoms with Gasteiger partial charge in [-0.25, -0.2) is 13.1 Å². The average Bonchev–Trinajstić information content (AvgIpc) is 2.49. The zero-order valence-electron chi connectivity index (χ0n) is 11.9. The average molecular weight is 306 g/mol. The van der Waals surface area contributed by atoms with Crippen LogP contribution in [-0.4, -0.2) is 15.5 Å². The first-order chi connectivity index (χ1) is 9.94. The zero-order valence-corrected chi connectivity index (χ0v) is 12.7. The molecule has 0 fully saturated rings. The summed E-state index contributed by atoms with van der Waals surface area (Å²) in [5.41, 5.74) is 7.00. The molecule has 0 aliphatic carbocycles. The minimum atomic E-state index is -3.63. The Labute approximate surface area is 124 Å². The molecule has 0 aliphatic heterocycles. The van der Waals surface area contributed by atoms with Crippen LogP contribution in [0.15, 0.2) is 53.4 Å². The van der Waals surface area contributed by atoms with Crippen molar-refractivity contribution in [1.82, 2.24) is 4.72 Å². The van der Waals surface area contributed by atoms with E-state index in [1.54, 1.807) is 12.1 Å². The van der Waals surface area contributed by atoms with Crippen molar-refractivity contribution in [2.45, 2.75) is 17.9 Å². The fourth-order valence-electron chi connectivity index (χ4n) is 1.92. The molecule has 112 valence electrons. The lowest BCUT2D eigenvalue weighted by atomic mass is 10.1. The van der Waals surface area contributed by atoms with Gasteiger partial charge in [0.1, 0.15) is 16.7 Å². The number of rotatable bonds is 5. The van der Waals surface area contributed by atoms with Gasteiger partial charge in [0.05, 0.1) is 0 Å². The van der Waals surface area contributed by atoms with Crippen molar-refractivity contribution in [1.29, 1.82) is 0 Å². The van der Waals surface area contributed by atoms with E-state index in [2.05, 4.69) is 4.72 Å². The van der Waals surface area contributed by atoms with Crippen molar-refractivity contribution >= 4 is 15.7 Å². The van der Waals surface area contributed by atoms with E-state index in [4.69, 9.17) is 10.5 Å². The van der Waals surface area contributed by atoms with Gasteiger partial charge in [0.15, 0.2) is 0 Å². The van der Waals surface area contributed by atoms with Gasteiger partial charge in [-0.1, -0.05) is 30.3 Å². The van der Waals surface area contributed by atoms with Gasteiger partial charge in [-0.3, -0.25) is 0 Å². The van der Waals surface area contributed by atoms with Crippen LogP contribution in [0.1, 0.15) is 18.6 Å². The normalized spacial score (nSPS) is 12.9. The highest BCUT2D eigenvalue weighted by Crippen LogP contribution is 2.30. The van der Waals surface area contributed by atoms with E-state index in [9.17, 15) is 8.42 Å². The van der Waals surface area contributed by atoms with Crippen molar-refractivity contribution in [2.24, 2.45) is 0 Å². The highest BCUT2D eigenvalue weighted by Gasteiger charge is 2.20. The third-order valence-electron chi connectivity index (χ3n) is 3.10. The Kier molecular flexibility index (Phi) is 4.50. The van der Waals surface area contributed by atoms with Crippen molar-refractivity contribution in [3.8, 4) is 5.75 Å². The van der Waals surface area contributed by atoms with Gasteiger partial charge < -0.3 is 10.5 Å². The lowest BCUT2D eigenvalue weighted by molar-refractivity contribution is 0.220. The first kappa shape index (κ1) is 15.3. The fraction of sp³-hybridized carbons (Fsp3) is 0.200. The van der Waals surface area contributed by atoms with E-state index in [1.807, 2.05) is 37.3 Å². The van der Waals surface area contributed by atoms with Crippen molar-refractivity contribution in [3.05, 3.63) is 54.1 Å². The van der Waals surface area contributed by atoms with Crippen LogP contribution in [0.4, 0.5) is 5.69 Å². The molecule has 5 nitrogen and oxygen atoms in total. The number of nitrogens with two attached hydrogens (primary N) is 1. The molecule has 2 aromatic rings. The fourth-order valence-corrected chi connectivity index (χ4v) is 2.82. The Morgan fingerprint density at radius 3 is 2.43 bits per heavy atom. The Hall–Kier alpha value is -2.05. The van der Waals surface area contributed by atoms with Gasteiger partial charge in [0.2, 0.25) is 10.0 Å². The van der Waals surface area contributed by atoms with Gasteiger partial charge >= 0.3 is 0 Å². The number of sulfonamides is 1. The van der Waals surface area contributed by atoms with E-state index >= 15 is 0 Å². The maximum Gasteiger partial charge on any atom is 0.244 e. The van der Waals surface area contributed by atoms with Crippen LogP contribution in [-0.2, 0) is 10.0 Å². The Bertz CT molecular complexity index is 715. The first-order valence-electron chi connectivity index (χ1n) is 6.48. The SMILES string of the molecule is CNS(=O)(=O)c1cc(N)ccc1OC(C)c1ccccc1. The monoisotopic (exact) mass is 306 g/mol. The maximum atomic E-state index is 12.0. The molecule has 0 aromatic heterocycles. The number of nitrogens with one attached hydrogen (secondary N) is 1. The summed E-state index contributed by atoms with van der Waals surface area (Å²) >= 11 is 0. The Balaban J connectivity index is 2.37. The largest absolute Gasteiger partial charge is 0.485 e. The molecule has 0 bridgehead atoms. The molecular formula is C15H18N2O3S. The smallest absolute Gasteiger partial charge is 0.244 e. The molecule has 2 rings (SSSR count). The molecule has 0 aliphatic rings. The highest BCUT2D eigenvalue weighted by atomic mass is 32.2. The van der Waals surface area contributed by atoms with Gasteiger partial charge in [-0.05, 0) is 37.7 Å². The van der Waals surface area contributed by atoms with Crippen molar-refractivity contribution in [3.63, 3.8) is 0 Å². The maximum absolute atomic E-state index is 12.0. The third kappa shape index (κ3) is 3.53. The molecule has 0 saturated heterocycles. The molecule has 0 spiro atoms. The summed E-state index contributed by atoms with van der Waals surface area (Å²) in [4.78, 5) is 0.0350. The van der Waals surface area contributed by atoms with Gasteiger partial charge in [0, 0.05) is 5.69 Å². The number of ether oxygens (including phenoxy) is 1. The van der Waals surface area contributed by atoms with E-state index in [0.29, 0.717) is 5.69 Å². The molecule has 2 aromatic carbocycles. The molecular weight excluding hydrogens is 288 g/mol. The second-order valence-electron chi connectivity index (χ2n) is 4.58. The van der Waals surface area contributed by atoms with Crippen LogP contribution in [0.2, 0.25) is 0 Å². The van der Waals surface area contributed by atoms with Crippen LogP contribution < -0.4 is 15.2 Å². The lowest BCUT2D eigenvalue weighted by Crippen LogP contribution is -2.20. The minimum absolute atomic E-state index is 0.0350. The summed E-state index contributed by atoms with van der Waals surface area (Å²) in [7, 11) is -2.28. The third-order valence-corrected chi connectivity index (χ3v) is 4.53. The Morgan fingerprint density at radius 2 is 1.81 bits per heavy atom. The van der Waals surface area contributed by atoms with Gasteiger partial charge in [-0.2, -0.15) is 0 Å². The molecule has 0 amide bonds. The van der Waals surface area contributed by atoms with E-state index in [0.717, 1.165) is 5.56 Å². The van der Waals surface area contributed by atoms with Crippen LogP contribution in [0, 0.1) is 0 Å². The minimum Gasteiger partial charge on any atom is -0.485 e. The number of nitrogen functional groups attached to an aromatic ring is 1. The predicted octanol–water partition coefficient (Wildman–Crippen LogP) is 2.32. The number of hydrogen-bond acceptors (Lipinski definition) is 4. The molecule has 0 saturated carbocycles. The second kappa shape index (κ2) is 6.15. The number of hydrogen-bond donors (Lipinski definition) is 2. The Morgan fingerprint density at radius 1 is 1.14 bits per heavy atom. The summed E-state index contributed by atoms with van der Waals surface area (Å²) in [5.74, 6) is 0.273. The van der Waals surface area contributed by atoms with Crippen LogP contribution in [0.5, 0.6) is 5.75 Å². The first-order valence-corrected chi connectivity index (χ1v) is 7.97. The van der Waals surface area contributed by atoms with E-state index in [-0.39, 0.29) is 16.7 Å². The molecule has 1 unspecified atom stereocenters. The zero-order chi connectivity index (χ0) is 15.5. The standard InChI is InChI=1S/C15H18N2O3S/c1-11(12-6-4-3-5-7-12)20-14-9-8-13(16)10-15(14)21(18,19)17-2/h3-11,17H,16H2,1-2H3. The summed E-state index contributed by atoms with van der Waals surface area (Å²) in [6.07, 6.45) is -0.277. The van der Waals surface area contributed by atoms with Crippen LogP contribution in [0.3, 0.4) is 0 Å². The van der Waals surface area contributed by atoms with Gasteiger partial charge in [0.25, 0.3) is 0 Å². The summed E-state index contributed by atoms with van der Waals surface area (Å²) in [6, 6.07) is 14.1. The molecule has 6 heteroatoms. The predicted molar refractivity (Wildman–Crippen MR) is 82.6 cm³/mol. The summed E-state index contributed by atoms with van der Waals surface area (Å²) in [5, 5.41) is 0. The highest BCUT2D eigenvalue weighted by molar-refractivity contribution is 7.89. The van der Waals surface area contributed by atoms with Crippen LogP contribution >= 0.6 is 0 Å². The van der Waals surface area contributed by atoms with Gasteiger partial charge in [-0.15, -0.1) is 0 Å². The van der Waals surface area contributed by atoms with E-state index in [1.165, 1.54) is 13.1 Å². The molecule has 1 atom stereocenters. The quantitative estimate of drug-likeness (QED) is 0.831. The molecule has 0 radical (unpaired) electrons. The second-order valence-corrected chi connectivity index (χ2v) is 6.44. The topological polar surface area (TPSA) is 81.4 Å². The summed E-state index contributed by atoms with van der Waals surface area (Å²) < 4.78 is 32.2. The number of anilines is 1. The lowest BCUT2D eigenvalue weighted by Gasteiger charge is -2.18.